The molecule has 1 amide bonds. The molecule has 2 aromatic carbocycles. The first-order valence-corrected chi connectivity index (χ1v) is 10.6. The average molecular weight is 426 g/mol. The molecule has 0 bridgehead atoms. The SMILES string of the molecule is CCOc1ccc(CCNC(=O)c2cnn(-c3ccc(F)cc3)c2CC)cc1OCC. The largest absolute Gasteiger partial charge is 0.490 e. The number of nitrogens with one attached hydrogen (secondary N) is 1. The van der Waals surface area contributed by atoms with E-state index in [2.05, 4.69) is 10.4 Å². The Labute approximate surface area is 182 Å². The fourth-order valence-electron chi connectivity index (χ4n) is 3.38. The van der Waals surface area contributed by atoms with Gasteiger partial charge in [-0.15, -0.1) is 0 Å². The molecule has 0 saturated carbocycles. The van der Waals surface area contributed by atoms with Crippen LogP contribution in [-0.2, 0) is 12.8 Å². The molecule has 0 fully saturated rings. The van der Waals surface area contributed by atoms with Crippen molar-refractivity contribution in [1.82, 2.24) is 15.1 Å². The number of hydrogen-bond donors (Lipinski definition) is 1. The summed E-state index contributed by atoms with van der Waals surface area (Å²) in [5.41, 5.74) is 3.07. The molecule has 1 heterocycles. The highest BCUT2D eigenvalue weighted by atomic mass is 19.1. The molecule has 0 saturated heterocycles. The van der Waals surface area contributed by atoms with Crippen molar-refractivity contribution in [3.8, 4) is 17.2 Å². The maximum Gasteiger partial charge on any atom is 0.254 e. The van der Waals surface area contributed by atoms with Gasteiger partial charge in [0.1, 0.15) is 5.82 Å². The molecule has 6 nitrogen and oxygen atoms in total. The van der Waals surface area contributed by atoms with Gasteiger partial charge in [0.2, 0.25) is 0 Å². The van der Waals surface area contributed by atoms with E-state index < -0.39 is 0 Å². The Balaban J connectivity index is 1.66. The fourth-order valence-corrected chi connectivity index (χ4v) is 3.38. The Morgan fingerprint density at radius 3 is 2.42 bits per heavy atom. The third-order valence-corrected chi connectivity index (χ3v) is 4.83. The lowest BCUT2D eigenvalue weighted by molar-refractivity contribution is 0.0953. The highest BCUT2D eigenvalue weighted by Gasteiger charge is 2.17. The summed E-state index contributed by atoms with van der Waals surface area (Å²) in [5.74, 6) is 0.940. The summed E-state index contributed by atoms with van der Waals surface area (Å²) in [6.07, 6.45) is 2.84. The van der Waals surface area contributed by atoms with Crippen LogP contribution >= 0.6 is 0 Å². The molecule has 0 aliphatic heterocycles. The summed E-state index contributed by atoms with van der Waals surface area (Å²) in [6.45, 7) is 7.42. The Morgan fingerprint density at radius 1 is 1.03 bits per heavy atom. The second-order valence-corrected chi connectivity index (χ2v) is 6.90. The number of rotatable bonds is 10. The monoisotopic (exact) mass is 425 g/mol. The van der Waals surface area contributed by atoms with E-state index in [0.717, 1.165) is 22.7 Å². The van der Waals surface area contributed by atoms with Gasteiger partial charge in [-0.25, -0.2) is 9.07 Å². The first-order chi connectivity index (χ1) is 15.1. The minimum absolute atomic E-state index is 0.179. The van der Waals surface area contributed by atoms with Crippen molar-refractivity contribution in [1.29, 1.82) is 0 Å². The number of amides is 1. The lowest BCUT2D eigenvalue weighted by Crippen LogP contribution is -2.26. The van der Waals surface area contributed by atoms with E-state index in [1.54, 1.807) is 23.0 Å². The quantitative estimate of drug-likeness (QED) is 0.525. The first kappa shape index (κ1) is 22.3. The highest BCUT2D eigenvalue weighted by molar-refractivity contribution is 5.95. The van der Waals surface area contributed by atoms with Gasteiger partial charge in [0.25, 0.3) is 5.91 Å². The molecule has 0 spiro atoms. The van der Waals surface area contributed by atoms with Crippen molar-refractivity contribution in [2.24, 2.45) is 0 Å². The van der Waals surface area contributed by atoms with Crippen molar-refractivity contribution in [3.63, 3.8) is 0 Å². The van der Waals surface area contributed by atoms with Crippen molar-refractivity contribution >= 4 is 5.91 Å². The fraction of sp³-hybridized carbons (Fsp3) is 0.333. The smallest absolute Gasteiger partial charge is 0.254 e. The summed E-state index contributed by atoms with van der Waals surface area (Å²) >= 11 is 0. The number of carbonyl (C=O) groups excluding carboxylic acids is 1. The lowest BCUT2D eigenvalue weighted by atomic mass is 10.1. The Bertz CT molecular complexity index is 1020. The third-order valence-electron chi connectivity index (χ3n) is 4.83. The molecular weight excluding hydrogens is 397 g/mol. The molecule has 1 aromatic heterocycles. The van der Waals surface area contributed by atoms with E-state index in [4.69, 9.17) is 9.47 Å². The van der Waals surface area contributed by atoms with Crippen LogP contribution in [-0.4, -0.2) is 35.4 Å². The number of benzene rings is 2. The predicted molar refractivity (Wildman–Crippen MR) is 118 cm³/mol. The lowest BCUT2D eigenvalue weighted by Gasteiger charge is -2.13. The first-order valence-electron chi connectivity index (χ1n) is 10.6. The summed E-state index contributed by atoms with van der Waals surface area (Å²) < 4.78 is 26.1. The minimum atomic E-state index is -0.311. The van der Waals surface area contributed by atoms with E-state index in [9.17, 15) is 9.18 Å². The molecule has 0 radical (unpaired) electrons. The van der Waals surface area contributed by atoms with Gasteiger partial charge in [-0.1, -0.05) is 13.0 Å². The van der Waals surface area contributed by atoms with Gasteiger partial charge in [0, 0.05) is 6.54 Å². The molecule has 3 aromatic rings. The van der Waals surface area contributed by atoms with Gasteiger partial charge in [0.05, 0.1) is 36.4 Å². The summed E-state index contributed by atoms with van der Waals surface area (Å²) in [6, 6.07) is 11.9. The average Bonchev–Trinajstić information content (AvgIpc) is 3.20. The molecule has 0 atom stereocenters. The van der Waals surface area contributed by atoms with Crippen LogP contribution in [0.4, 0.5) is 4.39 Å². The van der Waals surface area contributed by atoms with Crippen LogP contribution in [0.15, 0.2) is 48.7 Å². The Hall–Kier alpha value is -3.35. The molecule has 7 heteroatoms. The molecule has 164 valence electrons. The van der Waals surface area contributed by atoms with Crippen LogP contribution in [0, 0.1) is 5.82 Å². The van der Waals surface area contributed by atoms with Crippen LogP contribution in [0.5, 0.6) is 11.5 Å². The van der Waals surface area contributed by atoms with Crippen LogP contribution in [0.25, 0.3) is 5.69 Å². The molecule has 3 rings (SSSR count). The van der Waals surface area contributed by atoms with Crippen molar-refractivity contribution in [3.05, 3.63) is 71.3 Å². The molecule has 0 aliphatic carbocycles. The summed E-state index contributed by atoms with van der Waals surface area (Å²) in [7, 11) is 0. The summed E-state index contributed by atoms with van der Waals surface area (Å²) in [4.78, 5) is 12.8. The van der Waals surface area contributed by atoms with Gasteiger partial charge < -0.3 is 14.8 Å². The van der Waals surface area contributed by atoms with Gasteiger partial charge in [-0.2, -0.15) is 5.10 Å². The Morgan fingerprint density at radius 2 is 1.74 bits per heavy atom. The van der Waals surface area contributed by atoms with Gasteiger partial charge in [-0.05, 0) is 68.7 Å². The van der Waals surface area contributed by atoms with E-state index in [0.29, 0.717) is 43.9 Å². The van der Waals surface area contributed by atoms with Crippen LogP contribution in [0.2, 0.25) is 0 Å². The number of ether oxygens (including phenoxy) is 2. The molecular formula is C24H28FN3O3. The van der Waals surface area contributed by atoms with E-state index in [-0.39, 0.29) is 11.7 Å². The normalized spacial score (nSPS) is 10.7. The number of halogens is 1. The number of hydrogen-bond acceptors (Lipinski definition) is 4. The zero-order chi connectivity index (χ0) is 22.2. The van der Waals surface area contributed by atoms with Crippen LogP contribution < -0.4 is 14.8 Å². The molecule has 31 heavy (non-hydrogen) atoms. The van der Waals surface area contributed by atoms with Gasteiger partial charge >= 0.3 is 0 Å². The molecule has 0 aliphatic rings. The number of aromatic nitrogens is 2. The minimum Gasteiger partial charge on any atom is -0.490 e. The maximum absolute atomic E-state index is 13.2. The molecule has 0 unspecified atom stereocenters. The third kappa shape index (κ3) is 5.42. The Kier molecular flexibility index (Phi) is 7.65. The predicted octanol–water partition coefficient (Wildman–Crippen LogP) is 4.34. The van der Waals surface area contributed by atoms with Gasteiger partial charge in [0.15, 0.2) is 11.5 Å². The summed E-state index contributed by atoms with van der Waals surface area (Å²) in [5, 5.41) is 7.30. The van der Waals surface area contributed by atoms with Crippen molar-refractivity contribution < 1.29 is 18.7 Å². The van der Waals surface area contributed by atoms with E-state index >= 15 is 0 Å². The zero-order valence-electron chi connectivity index (χ0n) is 18.2. The maximum atomic E-state index is 13.2. The number of nitrogens with zero attached hydrogens (tertiary/aromatic N) is 2. The van der Waals surface area contributed by atoms with E-state index in [1.807, 2.05) is 39.0 Å². The molecule has 1 N–H and O–H groups in total. The van der Waals surface area contributed by atoms with Crippen molar-refractivity contribution in [2.75, 3.05) is 19.8 Å². The topological polar surface area (TPSA) is 65.4 Å². The van der Waals surface area contributed by atoms with Gasteiger partial charge in [-0.3, -0.25) is 4.79 Å². The second kappa shape index (κ2) is 10.6. The van der Waals surface area contributed by atoms with Crippen molar-refractivity contribution in [2.45, 2.75) is 33.6 Å². The van der Waals surface area contributed by atoms with E-state index in [1.165, 1.54) is 12.1 Å². The van der Waals surface area contributed by atoms with Crippen LogP contribution in [0.3, 0.4) is 0 Å². The second-order valence-electron chi connectivity index (χ2n) is 6.90. The standard InChI is InChI=1S/C24H28FN3O3/c1-4-21-20(16-27-28(21)19-10-8-18(25)9-11-19)24(29)26-14-13-17-7-12-22(30-5-2)23(15-17)31-6-3/h7-12,15-16H,4-6,13-14H2,1-3H3,(H,26,29). The zero-order valence-corrected chi connectivity index (χ0v) is 18.2. The highest BCUT2D eigenvalue weighted by Crippen LogP contribution is 2.28. The van der Waals surface area contributed by atoms with Crippen LogP contribution in [0.1, 0.15) is 42.4 Å². The number of carbonyl (C=O) groups is 1.